The molecule has 0 fully saturated rings. The van der Waals surface area contributed by atoms with E-state index in [-0.39, 0.29) is 22.7 Å². The number of carbonyl (C=O) groups excluding carboxylic acids is 2. The highest BCUT2D eigenvalue weighted by atomic mass is 16.5. The first-order valence-corrected chi connectivity index (χ1v) is 12.0. The van der Waals surface area contributed by atoms with E-state index in [1.807, 2.05) is 53.7 Å². The van der Waals surface area contributed by atoms with E-state index in [4.69, 9.17) is 9.47 Å². The molecule has 0 N–H and O–H groups in total. The molecule has 0 bridgehead atoms. The lowest BCUT2D eigenvalue weighted by molar-refractivity contribution is 0.0827. The number of ketones is 1. The van der Waals surface area contributed by atoms with Crippen molar-refractivity contribution in [1.82, 2.24) is 4.90 Å². The van der Waals surface area contributed by atoms with Crippen LogP contribution in [0.2, 0.25) is 0 Å². The Morgan fingerprint density at radius 1 is 0.743 bits per heavy atom. The fraction of sp³-hybridized carbons (Fsp3) is 0.467. The maximum Gasteiger partial charge on any atom is 0.253 e. The summed E-state index contributed by atoms with van der Waals surface area (Å²) in [6.45, 7) is 18.4. The van der Waals surface area contributed by atoms with Crippen LogP contribution in [0.4, 0.5) is 0 Å². The molecular formula is C30H41NO4. The molecule has 0 aliphatic carbocycles. The molecule has 0 saturated heterocycles. The van der Waals surface area contributed by atoms with Crippen LogP contribution in [0.1, 0.15) is 94.2 Å². The Kier molecular flexibility index (Phi) is 8.26. The Morgan fingerprint density at radius 3 is 1.69 bits per heavy atom. The van der Waals surface area contributed by atoms with Crippen LogP contribution in [-0.4, -0.2) is 41.9 Å². The first-order valence-electron chi connectivity index (χ1n) is 12.0. The number of allylic oxidation sites excluding steroid dienone is 1. The molecule has 0 heterocycles. The Balaban J connectivity index is 2.50. The van der Waals surface area contributed by atoms with Crippen molar-refractivity contribution in [1.29, 1.82) is 0 Å². The van der Waals surface area contributed by atoms with E-state index >= 15 is 0 Å². The predicted octanol–water partition coefficient (Wildman–Crippen LogP) is 6.94. The number of hydrogen-bond acceptors (Lipinski definition) is 4. The molecule has 0 unspecified atom stereocenters. The standard InChI is InChI=1S/C30H41NO4/c1-28(2,3)23-18-22(25(34-29(4,5)6)19-26(23)35-30(7,8)9)16-17-24(32)20-12-14-21(15-13-20)27(33)31(10)11/h12-19H,1-11H3/b17-16+. The van der Waals surface area contributed by atoms with E-state index in [0.29, 0.717) is 16.9 Å². The van der Waals surface area contributed by atoms with Gasteiger partial charge in [-0.15, -0.1) is 0 Å². The fourth-order valence-corrected chi connectivity index (χ4v) is 3.42. The molecule has 2 aromatic rings. The van der Waals surface area contributed by atoms with Crippen LogP contribution in [0, 0.1) is 0 Å². The summed E-state index contributed by atoms with van der Waals surface area (Å²) in [4.78, 5) is 26.5. The topological polar surface area (TPSA) is 55.8 Å². The molecule has 1 amide bonds. The summed E-state index contributed by atoms with van der Waals surface area (Å²) in [7, 11) is 3.40. The number of nitrogens with zero attached hydrogens (tertiary/aromatic N) is 1. The van der Waals surface area contributed by atoms with Gasteiger partial charge in [0, 0.05) is 42.4 Å². The molecule has 35 heavy (non-hydrogen) atoms. The van der Waals surface area contributed by atoms with Crippen molar-refractivity contribution in [2.45, 2.75) is 78.9 Å². The fourth-order valence-electron chi connectivity index (χ4n) is 3.42. The van der Waals surface area contributed by atoms with Gasteiger partial charge in [0.15, 0.2) is 5.78 Å². The van der Waals surface area contributed by atoms with E-state index < -0.39 is 5.60 Å². The highest BCUT2D eigenvalue weighted by Gasteiger charge is 2.26. The molecule has 0 spiro atoms. The summed E-state index contributed by atoms with van der Waals surface area (Å²) in [5.41, 5.74) is 1.92. The molecule has 0 aliphatic rings. The third kappa shape index (κ3) is 8.27. The summed E-state index contributed by atoms with van der Waals surface area (Å²) < 4.78 is 12.6. The van der Waals surface area contributed by atoms with Crippen LogP contribution < -0.4 is 9.47 Å². The molecule has 0 aromatic heterocycles. The largest absolute Gasteiger partial charge is 0.488 e. The van der Waals surface area contributed by atoms with Gasteiger partial charge >= 0.3 is 0 Å². The zero-order valence-electron chi connectivity index (χ0n) is 23.2. The average Bonchev–Trinajstić information content (AvgIpc) is 2.69. The molecule has 5 nitrogen and oxygen atoms in total. The molecule has 0 aliphatic heterocycles. The van der Waals surface area contributed by atoms with E-state index in [9.17, 15) is 9.59 Å². The summed E-state index contributed by atoms with van der Waals surface area (Å²) in [5, 5.41) is 0. The summed E-state index contributed by atoms with van der Waals surface area (Å²) in [5.74, 6) is 1.17. The zero-order chi connectivity index (χ0) is 26.8. The first-order chi connectivity index (χ1) is 15.9. The van der Waals surface area contributed by atoms with Gasteiger partial charge in [0.1, 0.15) is 22.7 Å². The highest BCUT2D eigenvalue weighted by molar-refractivity contribution is 6.07. The normalized spacial score (nSPS) is 12.5. The second-order valence-corrected chi connectivity index (χ2v) is 12.0. The monoisotopic (exact) mass is 479 g/mol. The van der Waals surface area contributed by atoms with Crippen molar-refractivity contribution >= 4 is 17.8 Å². The number of hydrogen-bond donors (Lipinski definition) is 0. The Bertz CT molecular complexity index is 1090. The molecule has 2 rings (SSSR count). The smallest absolute Gasteiger partial charge is 0.253 e. The average molecular weight is 480 g/mol. The third-order valence-electron chi connectivity index (χ3n) is 4.99. The molecule has 0 atom stereocenters. The minimum atomic E-state index is -0.427. The van der Waals surface area contributed by atoms with Crippen molar-refractivity contribution in [3.8, 4) is 11.5 Å². The molecule has 0 radical (unpaired) electrons. The molecule has 5 heteroatoms. The number of amides is 1. The summed E-state index contributed by atoms with van der Waals surface area (Å²) in [6.07, 6.45) is 3.34. The lowest BCUT2D eigenvalue weighted by atomic mass is 9.85. The van der Waals surface area contributed by atoms with Crippen molar-refractivity contribution < 1.29 is 19.1 Å². The second-order valence-electron chi connectivity index (χ2n) is 12.0. The maximum atomic E-state index is 12.9. The van der Waals surface area contributed by atoms with Gasteiger partial charge in [0.2, 0.25) is 0 Å². The third-order valence-corrected chi connectivity index (χ3v) is 4.99. The van der Waals surface area contributed by atoms with Gasteiger partial charge in [-0.1, -0.05) is 32.9 Å². The van der Waals surface area contributed by atoms with Gasteiger partial charge in [0.05, 0.1) is 0 Å². The van der Waals surface area contributed by atoms with Crippen LogP contribution in [-0.2, 0) is 5.41 Å². The minimum absolute atomic E-state index is 0.101. The second kappa shape index (κ2) is 10.3. The van der Waals surface area contributed by atoms with Gasteiger partial charge in [-0.2, -0.15) is 0 Å². The van der Waals surface area contributed by atoms with E-state index in [1.165, 1.54) is 4.90 Å². The maximum absolute atomic E-state index is 12.9. The first kappa shape index (κ1) is 28.2. The van der Waals surface area contributed by atoms with Crippen LogP contribution in [0.25, 0.3) is 6.08 Å². The van der Waals surface area contributed by atoms with Gasteiger partial charge in [0.25, 0.3) is 5.91 Å². The van der Waals surface area contributed by atoms with Crippen LogP contribution in [0.15, 0.2) is 42.5 Å². The molecule has 2 aromatic carbocycles. The van der Waals surface area contributed by atoms with Crippen LogP contribution in [0.3, 0.4) is 0 Å². The Morgan fingerprint density at radius 2 is 1.23 bits per heavy atom. The summed E-state index contributed by atoms with van der Waals surface area (Å²) in [6, 6.07) is 10.7. The van der Waals surface area contributed by atoms with Crippen molar-refractivity contribution in [2.24, 2.45) is 0 Å². The lowest BCUT2D eigenvalue weighted by Gasteiger charge is -2.30. The van der Waals surface area contributed by atoms with E-state index in [2.05, 4.69) is 20.8 Å². The highest BCUT2D eigenvalue weighted by Crippen LogP contribution is 2.40. The van der Waals surface area contributed by atoms with E-state index in [0.717, 1.165) is 16.9 Å². The van der Waals surface area contributed by atoms with Crippen molar-refractivity contribution in [3.05, 3.63) is 64.7 Å². The zero-order valence-corrected chi connectivity index (χ0v) is 23.2. The number of benzene rings is 2. The van der Waals surface area contributed by atoms with Gasteiger partial charge < -0.3 is 14.4 Å². The molecule has 0 saturated carbocycles. The van der Waals surface area contributed by atoms with Gasteiger partial charge in [-0.25, -0.2) is 0 Å². The number of rotatable bonds is 6. The van der Waals surface area contributed by atoms with E-state index in [1.54, 1.807) is 50.5 Å². The number of carbonyl (C=O) groups is 2. The lowest BCUT2D eigenvalue weighted by Crippen LogP contribution is -2.27. The van der Waals surface area contributed by atoms with Gasteiger partial charge in [-0.3, -0.25) is 9.59 Å². The number of ether oxygens (including phenoxy) is 2. The molecular weight excluding hydrogens is 438 g/mol. The molecule has 190 valence electrons. The van der Waals surface area contributed by atoms with Crippen molar-refractivity contribution in [2.75, 3.05) is 14.1 Å². The summed E-state index contributed by atoms with van der Waals surface area (Å²) >= 11 is 0. The quantitative estimate of drug-likeness (QED) is 0.333. The minimum Gasteiger partial charge on any atom is -0.488 e. The van der Waals surface area contributed by atoms with Gasteiger partial charge in [-0.05, 0) is 77.3 Å². The predicted molar refractivity (Wildman–Crippen MR) is 144 cm³/mol. The Hall–Kier alpha value is -3.08. The van der Waals surface area contributed by atoms with Crippen molar-refractivity contribution in [3.63, 3.8) is 0 Å². The Labute approximate surface area is 211 Å². The SMILES string of the molecule is CN(C)C(=O)c1ccc(C(=O)/C=C/c2cc(C(C)(C)C)c(OC(C)(C)C)cc2OC(C)(C)C)cc1. The van der Waals surface area contributed by atoms with Crippen LogP contribution in [0.5, 0.6) is 11.5 Å². The van der Waals surface area contributed by atoms with Crippen LogP contribution >= 0.6 is 0 Å².